The molecule has 0 fully saturated rings. The van der Waals surface area contributed by atoms with E-state index < -0.39 is 45.7 Å². The van der Waals surface area contributed by atoms with Crippen molar-refractivity contribution in [3.05, 3.63) is 97.3 Å². The summed E-state index contributed by atoms with van der Waals surface area (Å²) in [5, 5.41) is 15.9. The second kappa shape index (κ2) is 11.1. The highest BCUT2D eigenvalue weighted by atomic mass is 35.5. The third-order valence-electron chi connectivity index (χ3n) is 5.60. The van der Waals surface area contributed by atoms with E-state index in [9.17, 15) is 32.9 Å². The molecular weight excluding hydrogens is 557 g/mol. The Morgan fingerprint density at radius 3 is 2.58 bits per heavy atom. The summed E-state index contributed by atoms with van der Waals surface area (Å²) < 4.78 is 51.2. The molecule has 0 aliphatic heterocycles. The number of benzene rings is 3. The maximum Gasteiger partial charge on any atom is 0.416 e. The quantitative estimate of drug-likeness (QED) is 0.124. The van der Waals surface area contributed by atoms with Crippen LogP contribution in [0.5, 0.6) is 5.75 Å². The highest BCUT2D eigenvalue weighted by Crippen LogP contribution is 2.35. The number of aromatic nitrogens is 2. The third-order valence-corrected chi connectivity index (χ3v) is 5.82. The second-order valence-electron chi connectivity index (χ2n) is 8.28. The van der Waals surface area contributed by atoms with Crippen LogP contribution >= 0.6 is 11.6 Å². The van der Waals surface area contributed by atoms with Crippen LogP contribution < -0.4 is 10.3 Å². The fourth-order valence-corrected chi connectivity index (χ4v) is 3.94. The van der Waals surface area contributed by atoms with E-state index in [1.54, 1.807) is 12.1 Å². The zero-order valence-corrected chi connectivity index (χ0v) is 21.4. The van der Waals surface area contributed by atoms with E-state index in [4.69, 9.17) is 16.3 Å². The van der Waals surface area contributed by atoms with Gasteiger partial charge in [0, 0.05) is 22.2 Å². The molecule has 4 aromatic rings. The van der Waals surface area contributed by atoms with E-state index in [1.165, 1.54) is 31.2 Å². The predicted molar refractivity (Wildman–Crippen MR) is 140 cm³/mol. The van der Waals surface area contributed by atoms with Gasteiger partial charge < -0.3 is 9.47 Å². The summed E-state index contributed by atoms with van der Waals surface area (Å²) >= 11 is 6.07. The Hall–Kier alpha value is -4.78. The molecule has 0 amide bonds. The summed E-state index contributed by atoms with van der Waals surface area (Å²) in [5.41, 5.74) is -2.27. The molecule has 0 bridgehead atoms. The normalized spacial score (nSPS) is 12.4. The number of nitro benzene ring substituents is 1. The molecule has 0 spiro atoms. The number of rotatable bonds is 7. The lowest BCUT2D eigenvalue weighted by atomic mass is 10.1. The maximum atomic E-state index is 13.4. The topological polar surface area (TPSA) is 126 Å². The van der Waals surface area contributed by atoms with Gasteiger partial charge in [0.2, 0.25) is 5.75 Å². The first kappa shape index (κ1) is 28.2. The van der Waals surface area contributed by atoms with Crippen molar-refractivity contribution in [2.24, 2.45) is 5.10 Å². The van der Waals surface area contributed by atoms with Crippen molar-refractivity contribution in [1.29, 1.82) is 0 Å². The standard InChI is InChI=1S/C26H18ClF3N4O6/c1-14(25(36)39-2)40-22-16(11-18(27)12-21(22)34(37)38)13-31-33-23(15-6-5-7-17(10-15)26(28,29)30)32-20-9-4-3-8-19(20)24(33)35/h3-14H,1-2H3/t14-/m0/s1. The van der Waals surface area contributed by atoms with Crippen LogP contribution in [0.4, 0.5) is 18.9 Å². The van der Waals surface area contributed by atoms with Gasteiger partial charge in [-0.25, -0.2) is 9.78 Å². The molecule has 0 aliphatic rings. The molecule has 1 atom stereocenters. The van der Waals surface area contributed by atoms with Crippen molar-refractivity contribution in [1.82, 2.24) is 9.66 Å². The van der Waals surface area contributed by atoms with E-state index in [0.29, 0.717) is 0 Å². The van der Waals surface area contributed by atoms with Crippen LogP contribution in [0.15, 0.2) is 70.6 Å². The zero-order chi connectivity index (χ0) is 29.2. The largest absolute Gasteiger partial charge is 0.471 e. The lowest BCUT2D eigenvalue weighted by molar-refractivity contribution is -0.386. The number of alkyl halides is 3. The number of carbonyl (C=O) groups is 1. The number of hydrogen-bond acceptors (Lipinski definition) is 8. The number of methoxy groups -OCH3 is 1. The van der Waals surface area contributed by atoms with Gasteiger partial charge >= 0.3 is 17.8 Å². The number of halogens is 4. The van der Waals surface area contributed by atoms with Crippen molar-refractivity contribution in [2.45, 2.75) is 19.2 Å². The van der Waals surface area contributed by atoms with Gasteiger partial charge in [0.25, 0.3) is 5.56 Å². The Labute approximate surface area is 228 Å². The summed E-state index contributed by atoms with van der Waals surface area (Å²) in [6.07, 6.45) is -4.95. The Morgan fingerprint density at radius 2 is 1.90 bits per heavy atom. The van der Waals surface area contributed by atoms with E-state index in [1.807, 2.05) is 0 Å². The molecule has 40 heavy (non-hydrogen) atoms. The number of hydrogen-bond donors (Lipinski definition) is 0. The molecule has 3 aromatic carbocycles. The lowest BCUT2D eigenvalue weighted by Crippen LogP contribution is -2.26. The lowest BCUT2D eigenvalue weighted by Gasteiger charge is -2.15. The zero-order valence-electron chi connectivity index (χ0n) is 20.7. The Bertz CT molecular complexity index is 1720. The molecule has 0 saturated carbocycles. The molecule has 0 aliphatic carbocycles. The Morgan fingerprint density at radius 1 is 1.18 bits per heavy atom. The van der Waals surface area contributed by atoms with Gasteiger partial charge in [-0.2, -0.15) is 22.9 Å². The minimum Gasteiger partial charge on any atom is -0.471 e. The van der Waals surface area contributed by atoms with Crippen molar-refractivity contribution in [3.8, 4) is 17.1 Å². The second-order valence-corrected chi connectivity index (χ2v) is 8.71. The first-order valence-electron chi connectivity index (χ1n) is 11.4. The summed E-state index contributed by atoms with van der Waals surface area (Å²) in [6, 6.07) is 12.6. The molecule has 1 aromatic heterocycles. The number of esters is 1. The van der Waals surface area contributed by atoms with Crippen LogP contribution in [0.25, 0.3) is 22.3 Å². The highest BCUT2D eigenvalue weighted by Gasteiger charge is 2.31. The minimum atomic E-state index is -4.66. The van der Waals surface area contributed by atoms with Crippen molar-refractivity contribution < 1.29 is 32.4 Å². The van der Waals surface area contributed by atoms with Crippen molar-refractivity contribution in [3.63, 3.8) is 0 Å². The van der Waals surface area contributed by atoms with Gasteiger partial charge in [-0.1, -0.05) is 35.9 Å². The summed E-state index contributed by atoms with van der Waals surface area (Å²) in [5.74, 6) is -1.46. The van der Waals surface area contributed by atoms with Gasteiger partial charge in [-0.05, 0) is 37.3 Å². The van der Waals surface area contributed by atoms with Gasteiger partial charge in [-0.15, -0.1) is 0 Å². The minimum absolute atomic E-state index is 0.0670. The molecule has 4 rings (SSSR count). The molecule has 0 N–H and O–H groups in total. The summed E-state index contributed by atoms with van der Waals surface area (Å²) in [7, 11) is 1.11. The van der Waals surface area contributed by atoms with E-state index in [2.05, 4.69) is 14.8 Å². The molecule has 14 heteroatoms. The van der Waals surface area contributed by atoms with Gasteiger partial charge in [0.1, 0.15) is 0 Å². The molecule has 0 radical (unpaired) electrons. The fourth-order valence-electron chi connectivity index (χ4n) is 3.72. The number of ether oxygens (including phenoxy) is 2. The Kier molecular flexibility index (Phi) is 7.86. The van der Waals surface area contributed by atoms with Crippen molar-refractivity contribution >= 4 is 40.4 Å². The summed E-state index contributed by atoms with van der Waals surface area (Å²) in [4.78, 5) is 40.6. The van der Waals surface area contributed by atoms with Crippen LogP contribution in [0.3, 0.4) is 0 Å². The molecule has 206 valence electrons. The monoisotopic (exact) mass is 574 g/mol. The van der Waals surface area contributed by atoms with Crippen LogP contribution in [0.2, 0.25) is 5.02 Å². The van der Waals surface area contributed by atoms with Crippen LogP contribution in [-0.4, -0.2) is 40.0 Å². The first-order chi connectivity index (χ1) is 18.9. The van der Waals surface area contributed by atoms with Gasteiger partial charge in [0.15, 0.2) is 11.9 Å². The number of nitrogens with zero attached hydrogens (tertiary/aromatic N) is 4. The molecule has 0 saturated heterocycles. The van der Waals surface area contributed by atoms with Gasteiger partial charge in [0.05, 0.1) is 34.7 Å². The SMILES string of the molecule is COC(=O)[C@H](C)Oc1c(C=Nn2c(-c3cccc(C(F)(F)F)c3)nc3ccccc3c2=O)cc(Cl)cc1[N+](=O)[O-]. The maximum absolute atomic E-state index is 13.4. The average molecular weight is 575 g/mol. The van der Waals surface area contributed by atoms with E-state index in [0.717, 1.165) is 42.3 Å². The molecule has 1 heterocycles. The number of fused-ring (bicyclic) bond motifs is 1. The van der Waals surface area contributed by atoms with Crippen LogP contribution in [0, 0.1) is 10.1 Å². The summed E-state index contributed by atoms with van der Waals surface area (Å²) in [6.45, 7) is 1.30. The highest BCUT2D eigenvalue weighted by molar-refractivity contribution is 6.31. The van der Waals surface area contributed by atoms with Crippen molar-refractivity contribution in [2.75, 3.05) is 7.11 Å². The van der Waals surface area contributed by atoms with Crippen LogP contribution in [0.1, 0.15) is 18.1 Å². The number of para-hydroxylation sites is 1. The third kappa shape index (κ3) is 5.78. The smallest absolute Gasteiger partial charge is 0.416 e. The van der Waals surface area contributed by atoms with Crippen LogP contribution in [-0.2, 0) is 15.7 Å². The average Bonchev–Trinajstić information content (AvgIpc) is 2.92. The molecular formula is C26H18ClF3N4O6. The van der Waals surface area contributed by atoms with Gasteiger partial charge in [-0.3, -0.25) is 14.9 Å². The first-order valence-corrected chi connectivity index (χ1v) is 11.7. The fraction of sp³-hybridized carbons (Fsp3) is 0.154. The number of carbonyl (C=O) groups excluding carboxylic acids is 1. The number of nitro groups is 1. The predicted octanol–water partition coefficient (Wildman–Crippen LogP) is 5.47. The Balaban J connectivity index is 1.95. The molecule has 10 nitrogen and oxygen atoms in total. The van der Waals surface area contributed by atoms with E-state index in [-0.39, 0.29) is 32.9 Å². The molecule has 0 unspecified atom stereocenters. The van der Waals surface area contributed by atoms with E-state index >= 15 is 0 Å².